The van der Waals surface area contributed by atoms with Crippen LogP contribution in [0.2, 0.25) is 5.02 Å². The summed E-state index contributed by atoms with van der Waals surface area (Å²) in [6.07, 6.45) is -0.0478. The number of carbonyl (C=O) groups is 3. The second kappa shape index (κ2) is 14.9. The quantitative estimate of drug-likeness (QED) is 0.203. The molecule has 1 saturated heterocycles. The van der Waals surface area contributed by atoms with Crippen molar-refractivity contribution in [3.63, 3.8) is 0 Å². The van der Waals surface area contributed by atoms with Crippen LogP contribution in [-0.4, -0.2) is 63.6 Å². The summed E-state index contributed by atoms with van der Waals surface area (Å²) in [5.41, 5.74) is 0.853. The van der Waals surface area contributed by atoms with E-state index in [4.69, 9.17) is 25.6 Å². The lowest BCUT2D eigenvalue weighted by molar-refractivity contribution is -0.120. The molecule has 4 aromatic rings. The normalized spacial score (nSPS) is 17.4. The van der Waals surface area contributed by atoms with Crippen molar-refractivity contribution in [3.05, 3.63) is 94.6 Å². The number of amides is 3. The van der Waals surface area contributed by atoms with Crippen LogP contribution in [0.3, 0.4) is 0 Å². The lowest BCUT2D eigenvalue weighted by Crippen LogP contribution is -2.50. The molecule has 2 aliphatic rings. The van der Waals surface area contributed by atoms with E-state index in [9.17, 15) is 14.4 Å². The summed E-state index contributed by atoms with van der Waals surface area (Å²) in [6.45, 7) is 8.35. The lowest BCUT2D eigenvalue weighted by atomic mass is 9.80. The first-order chi connectivity index (χ1) is 24.3. The van der Waals surface area contributed by atoms with Crippen LogP contribution < -0.4 is 10.2 Å². The van der Waals surface area contributed by atoms with Gasteiger partial charge in [-0.05, 0) is 69.0 Å². The van der Waals surface area contributed by atoms with E-state index in [1.54, 1.807) is 56.0 Å². The Morgan fingerprint density at radius 1 is 1.08 bits per heavy atom. The van der Waals surface area contributed by atoms with Crippen LogP contribution in [0.15, 0.2) is 76.1 Å². The standard InChI is InChI=1S/C37H39ClFN5O6S/c1-36(2,3)49-34(46)40-28-22-51-30-19-27(39)26(18-29(30)44(32(28)45)20-23-10-12-25(38)13-11-23)31-41-33(50-42-31)37(4)14-16-43(17-15-37)35(47)48-21-24-8-6-5-7-9-24/h5-13,18-19,28H,14-17,20-22H2,1-4H3,(H,40,46)/t28-/m0/s1. The van der Waals surface area contributed by atoms with E-state index in [1.165, 1.54) is 22.7 Å². The molecule has 51 heavy (non-hydrogen) atoms. The molecule has 6 rings (SSSR count). The van der Waals surface area contributed by atoms with Crippen molar-refractivity contribution in [1.82, 2.24) is 20.4 Å². The van der Waals surface area contributed by atoms with Gasteiger partial charge < -0.3 is 29.1 Å². The average Bonchev–Trinajstić information content (AvgIpc) is 3.56. The summed E-state index contributed by atoms with van der Waals surface area (Å²) in [6, 6.07) is 18.5. The third-order valence-corrected chi connectivity index (χ3v) is 10.2. The smallest absolute Gasteiger partial charge is 0.410 e. The van der Waals surface area contributed by atoms with E-state index in [0.29, 0.717) is 47.4 Å². The van der Waals surface area contributed by atoms with Crippen molar-refractivity contribution in [2.45, 2.75) is 75.6 Å². The van der Waals surface area contributed by atoms with Crippen molar-refractivity contribution in [2.75, 3.05) is 23.7 Å². The molecule has 1 atom stereocenters. The number of benzene rings is 3. The molecule has 1 aromatic heterocycles. The second-order valence-electron chi connectivity index (χ2n) is 13.9. The van der Waals surface area contributed by atoms with Gasteiger partial charge in [0.25, 0.3) is 5.91 Å². The monoisotopic (exact) mass is 735 g/mol. The number of carbonyl (C=O) groups excluding carboxylic acids is 3. The number of aromatic nitrogens is 2. The van der Waals surface area contributed by atoms with Gasteiger partial charge in [-0.1, -0.05) is 66.1 Å². The molecule has 268 valence electrons. The highest BCUT2D eigenvalue weighted by Gasteiger charge is 2.39. The maximum atomic E-state index is 15.9. The second-order valence-corrected chi connectivity index (χ2v) is 15.4. The number of fused-ring (bicyclic) bond motifs is 1. The largest absolute Gasteiger partial charge is 0.445 e. The molecular weight excluding hydrogens is 697 g/mol. The van der Waals surface area contributed by atoms with E-state index >= 15 is 4.39 Å². The fourth-order valence-electron chi connectivity index (χ4n) is 5.87. The van der Waals surface area contributed by atoms with Crippen molar-refractivity contribution in [3.8, 4) is 11.4 Å². The van der Waals surface area contributed by atoms with E-state index in [-0.39, 0.29) is 30.3 Å². The summed E-state index contributed by atoms with van der Waals surface area (Å²) >= 11 is 7.37. The minimum absolute atomic E-state index is 0.0350. The van der Waals surface area contributed by atoms with Crippen molar-refractivity contribution in [1.29, 1.82) is 0 Å². The first-order valence-electron chi connectivity index (χ1n) is 16.6. The summed E-state index contributed by atoms with van der Waals surface area (Å²) in [7, 11) is 0. The third-order valence-electron chi connectivity index (χ3n) is 8.77. The molecule has 0 bridgehead atoms. The van der Waals surface area contributed by atoms with E-state index in [2.05, 4.69) is 15.5 Å². The number of thioether (sulfide) groups is 1. The highest BCUT2D eigenvalue weighted by Crippen LogP contribution is 2.41. The van der Waals surface area contributed by atoms with Gasteiger partial charge in [0.1, 0.15) is 24.1 Å². The fourth-order valence-corrected chi connectivity index (χ4v) is 7.07. The lowest BCUT2D eigenvalue weighted by Gasteiger charge is -2.36. The Kier molecular flexibility index (Phi) is 10.6. The van der Waals surface area contributed by atoms with Gasteiger partial charge in [-0.15, -0.1) is 11.8 Å². The number of piperidine rings is 1. The molecule has 3 heterocycles. The van der Waals surface area contributed by atoms with E-state index < -0.39 is 41.0 Å². The molecule has 0 aliphatic carbocycles. The summed E-state index contributed by atoms with van der Waals surface area (Å²) in [4.78, 5) is 47.8. The average molecular weight is 736 g/mol. The number of ether oxygens (including phenoxy) is 2. The SMILES string of the molecule is CC(C)(C)OC(=O)N[C@H]1CSc2cc(F)c(-c3noc(C4(C)CCN(C(=O)OCc5ccccc5)CC4)n3)cc2N(Cc2ccc(Cl)cc2)C1=O. The maximum absolute atomic E-state index is 15.9. The van der Waals surface area contributed by atoms with Gasteiger partial charge in [-0.2, -0.15) is 4.98 Å². The number of alkyl carbamates (subject to hydrolysis) is 1. The molecule has 3 aromatic carbocycles. The van der Waals surface area contributed by atoms with Crippen LogP contribution in [0.5, 0.6) is 0 Å². The Balaban J connectivity index is 1.22. The Morgan fingerprint density at radius 2 is 1.78 bits per heavy atom. The highest BCUT2D eigenvalue weighted by atomic mass is 35.5. The Morgan fingerprint density at radius 3 is 2.47 bits per heavy atom. The van der Waals surface area contributed by atoms with Gasteiger partial charge in [0, 0.05) is 28.8 Å². The zero-order valence-corrected chi connectivity index (χ0v) is 30.4. The van der Waals surface area contributed by atoms with Gasteiger partial charge in [0.2, 0.25) is 11.7 Å². The number of anilines is 1. The van der Waals surface area contributed by atoms with Crippen LogP contribution in [0.1, 0.15) is 57.6 Å². The van der Waals surface area contributed by atoms with E-state index in [1.807, 2.05) is 37.3 Å². The molecule has 11 nitrogen and oxygen atoms in total. The van der Waals surface area contributed by atoms with Crippen molar-refractivity contribution < 1.29 is 32.8 Å². The highest BCUT2D eigenvalue weighted by molar-refractivity contribution is 7.99. The minimum Gasteiger partial charge on any atom is -0.445 e. The Hall–Kier alpha value is -4.62. The van der Waals surface area contributed by atoms with Gasteiger partial charge in [0.15, 0.2) is 0 Å². The molecule has 0 radical (unpaired) electrons. The van der Waals surface area contributed by atoms with Crippen LogP contribution in [0, 0.1) is 5.82 Å². The number of nitrogens with zero attached hydrogens (tertiary/aromatic N) is 4. The van der Waals surface area contributed by atoms with Gasteiger partial charge in [-0.3, -0.25) is 4.79 Å². The first-order valence-corrected chi connectivity index (χ1v) is 18.0. The van der Waals surface area contributed by atoms with Gasteiger partial charge >= 0.3 is 12.2 Å². The van der Waals surface area contributed by atoms with E-state index in [0.717, 1.165) is 11.1 Å². The number of rotatable bonds is 7. The zero-order valence-electron chi connectivity index (χ0n) is 28.8. The number of halogens is 2. The van der Waals surface area contributed by atoms with Crippen LogP contribution >= 0.6 is 23.4 Å². The van der Waals surface area contributed by atoms with Crippen LogP contribution in [0.25, 0.3) is 11.4 Å². The predicted octanol–water partition coefficient (Wildman–Crippen LogP) is 7.75. The minimum atomic E-state index is -0.950. The molecule has 0 spiro atoms. The summed E-state index contributed by atoms with van der Waals surface area (Å²) < 4.78 is 32.5. The molecule has 14 heteroatoms. The predicted molar refractivity (Wildman–Crippen MR) is 191 cm³/mol. The van der Waals surface area contributed by atoms with Crippen LogP contribution in [-0.2, 0) is 32.8 Å². The summed E-state index contributed by atoms with van der Waals surface area (Å²) in [5.74, 6) is -0.466. The topological polar surface area (TPSA) is 127 Å². The first kappa shape index (κ1) is 36.2. The molecular formula is C37H39ClFN5O6S. The number of hydrogen-bond donors (Lipinski definition) is 1. The van der Waals surface area contributed by atoms with Crippen molar-refractivity contribution >= 4 is 47.1 Å². The summed E-state index contributed by atoms with van der Waals surface area (Å²) in [5, 5.41) is 7.39. The molecule has 1 fully saturated rings. The molecule has 0 unspecified atom stereocenters. The zero-order chi connectivity index (χ0) is 36.3. The molecule has 3 amide bonds. The maximum Gasteiger partial charge on any atom is 0.410 e. The number of nitrogens with one attached hydrogen (secondary N) is 1. The van der Waals surface area contributed by atoms with Gasteiger partial charge in [-0.25, -0.2) is 14.0 Å². The Labute approximate surface area is 304 Å². The molecule has 0 saturated carbocycles. The Bertz CT molecular complexity index is 1890. The molecule has 1 N–H and O–H groups in total. The van der Waals surface area contributed by atoms with Gasteiger partial charge in [0.05, 0.1) is 23.2 Å². The van der Waals surface area contributed by atoms with Crippen molar-refractivity contribution in [2.24, 2.45) is 0 Å². The fraction of sp³-hybridized carbons (Fsp3) is 0.378. The third kappa shape index (κ3) is 8.65. The number of likely N-dealkylation sites (tertiary alicyclic amines) is 1. The molecule has 2 aliphatic heterocycles. The number of hydrogen-bond acceptors (Lipinski definition) is 9. The van der Waals surface area contributed by atoms with Crippen LogP contribution in [0.4, 0.5) is 19.7 Å².